The molecule has 1 amide bonds. The molecule has 2 rings (SSSR count). The van der Waals surface area contributed by atoms with Gasteiger partial charge < -0.3 is 10.1 Å². The number of sulfonamides is 1. The average Bonchev–Trinajstić information content (AvgIpc) is 2.61. The van der Waals surface area contributed by atoms with E-state index in [0.717, 1.165) is 6.42 Å². The summed E-state index contributed by atoms with van der Waals surface area (Å²) in [7, 11) is -3.62. The molecule has 1 aliphatic rings. The molecule has 1 saturated heterocycles. The first-order chi connectivity index (χ1) is 11.9. The van der Waals surface area contributed by atoms with Crippen LogP contribution in [0.15, 0.2) is 23.1 Å². The first-order valence-electron chi connectivity index (χ1n) is 8.60. The van der Waals surface area contributed by atoms with Gasteiger partial charge in [-0.05, 0) is 44.4 Å². The highest BCUT2D eigenvalue weighted by Gasteiger charge is 2.32. The molecule has 0 bridgehead atoms. The predicted octanol–water partition coefficient (Wildman–Crippen LogP) is 2.67. The number of hydrogen-bond donors (Lipinski definition) is 1. The Morgan fingerprint density at radius 2 is 2.00 bits per heavy atom. The van der Waals surface area contributed by atoms with Crippen LogP contribution in [-0.4, -0.2) is 44.9 Å². The maximum atomic E-state index is 12.8. The Hall–Kier alpha value is -1.31. The number of benzene rings is 1. The fourth-order valence-electron chi connectivity index (χ4n) is 2.81. The Balaban J connectivity index is 2.04. The lowest BCUT2D eigenvalue weighted by atomic mass is 9.97. The number of amides is 1. The molecule has 0 aliphatic carbocycles. The predicted molar refractivity (Wildman–Crippen MR) is 97.4 cm³/mol. The lowest BCUT2D eigenvalue weighted by Gasteiger charge is -2.30. The Kier molecular flexibility index (Phi) is 7.10. The molecule has 1 heterocycles. The van der Waals surface area contributed by atoms with Crippen LogP contribution in [-0.2, 0) is 14.8 Å². The van der Waals surface area contributed by atoms with Crippen LogP contribution >= 0.6 is 11.6 Å². The van der Waals surface area contributed by atoms with E-state index in [1.54, 1.807) is 6.07 Å². The van der Waals surface area contributed by atoms with Gasteiger partial charge in [-0.15, -0.1) is 0 Å². The minimum atomic E-state index is -3.62. The molecular formula is C17H25ClN2O4S. The van der Waals surface area contributed by atoms with E-state index in [2.05, 4.69) is 5.32 Å². The molecule has 1 N–H and O–H groups in total. The number of nitrogens with zero attached hydrogens (tertiary/aromatic N) is 1. The summed E-state index contributed by atoms with van der Waals surface area (Å²) in [5.41, 5.74) is 0. The van der Waals surface area contributed by atoms with Crippen molar-refractivity contribution in [1.82, 2.24) is 9.62 Å². The van der Waals surface area contributed by atoms with E-state index in [1.807, 2.05) is 13.8 Å². The van der Waals surface area contributed by atoms with Gasteiger partial charge in [0.15, 0.2) is 0 Å². The zero-order chi connectivity index (χ0) is 18.4. The summed E-state index contributed by atoms with van der Waals surface area (Å²) < 4.78 is 32.3. The average molecular weight is 389 g/mol. The van der Waals surface area contributed by atoms with Crippen molar-refractivity contribution in [2.45, 2.75) is 38.0 Å². The highest BCUT2D eigenvalue weighted by molar-refractivity contribution is 7.89. The van der Waals surface area contributed by atoms with Crippen molar-refractivity contribution in [1.29, 1.82) is 0 Å². The van der Waals surface area contributed by atoms with Gasteiger partial charge in [-0.1, -0.05) is 18.5 Å². The largest absolute Gasteiger partial charge is 0.492 e. The number of nitrogens with one attached hydrogen (secondary N) is 1. The highest BCUT2D eigenvalue weighted by Crippen LogP contribution is 2.30. The summed E-state index contributed by atoms with van der Waals surface area (Å²) in [6.07, 6.45) is 1.94. The molecular weight excluding hydrogens is 364 g/mol. The molecule has 1 aromatic carbocycles. The summed E-state index contributed by atoms with van der Waals surface area (Å²) >= 11 is 6.11. The van der Waals surface area contributed by atoms with Gasteiger partial charge in [-0.2, -0.15) is 4.31 Å². The Bertz CT molecular complexity index is 701. The summed E-state index contributed by atoms with van der Waals surface area (Å²) in [5, 5.41) is 3.15. The summed E-state index contributed by atoms with van der Waals surface area (Å²) in [6, 6.07) is 4.50. The van der Waals surface area contributed by atoms with Crippen LogP contribution in [0.2, 0.25) is 5.02 Å². The van der Waals surface area contributed by atoms with Gasteiger partial charge >= 0.3 is 0 Å². The molecule has 0 unspecified atom stereocenters. The van der Waals surface area contributed by atoms with Gasteiger partial charge in [-0.25, -0.2) is 8.42 Å². The van der Waals surface area contributed by atoms with Crippen molar-refractivity contribution in [3.05, 3.63) is 23.2 Å². The number of rotatable bonds is 7. The molecule has 0 spiro atoms. The van der Waals surface area contributed by atoms with Crippen LogP contribution < -0.4 is 10.1 Å². The number of hydrogen-bond acceptors (Lipinski definition) is 4. The second-order valence-corrected chi connectivity index (χ2v) is 8.34. The minimum absolute atomic E-state index is 0.0167. The molecule has 0 saturated carbocycles. The smallest absolute Gasteiger partial charge is 0.243 e. The third-order valence-corrected chi connectivity index (χ3v) is 6.40. The molecule has 0 radical (unpaired) electrons. The number of ether oxygens (including phenoxy) is 1. The van der Waals surface area contributed by atoms with Crippen LogP contribution in [0.1, 0.15) is 33.1 Å². The van der Waals surface area contributed by atoms with Gasteiger partial charge in [0.2, 0.25) is 15.9 Å². The summed E-state index contributed by atoms with van der Waals surface area (Å²) in [5.74, 6) is 0.361. The standard InChI is InChI=1S/C17H25ClN2O4S/c1-3-9-19-17(21)13-7-10-20(11-8-13)25(22,23)14-5-6-16(24-4-2)15(18)12-14/h5-6,12-13H,3-4,7-11H2,1-2H3,(H,19,21). The third-order valence-electron chi connectivity index (χ3n) is 4.21. The topological polar surface area (TPSA) is 75.7 Å². The van der Waals surface area contributed by atoms with Crippen molar-refractivity contribution in [2.75, 3.05) is 26.2 Å². The van der Waals surface area contributed by atoms with Gasteiger partial charge in [0.1, 0.15) is 5.75 Å². The fraction of sp³-hybridized carbons (Fsp3) is 0.588. The van der Waals surface area contributed by atoms with E-state index in [-0.39, 0.29) is 21.7 Å². The maximum absolute atomic E-state index is 12.8. The molecule has 0 aromatic heterocycles. The van der Waals surface area contributed by atoms with Crippen molar-refractivity contribution in [3.63, 3.8) is 0 Å². The van der Waals surface area contributed by atoms with Gasteiger partial charge in [0.05, 0.1) is 16.5 Å². The Labute approximate surface area is 154 Å². The van der Waals surface area contributed by atoms with E-state index in [4.69, 9.17) is 16.3 Å². The lowest BCUT2D eigenvalue weighted by Crippen LogP contribution is -2.43. The SMILES string of the molecule is CCCNC(=O)C1CCN(S(=O)(=O)c2ccc(OCC)c(Cl)c2)CC1. The van der Waals surface area contributed by atoms with Crippen LogP contribution in [0.3, 0.4) is 0 Å². The highest BCUT2D eigenvalue weighted by atomic mass is 35.5. The quantitative estimate of drug-likeness (QED) is 0.779. The fourth-order valence-corrected chi connectivity index (χ4v) is 4.61. The Morgan fingerprint density at radius 3 is 2.56 bits per heavy atom. The summed E-state index contributed by atoms with van der Waals surface area (Å²) in [4.78, 5) is 12.2. The van der Waals surface area contributed by atoms with Crippen molar-refractivity contribution in [2.24, 2.45) is 5.92 Å². The zero-order valence-corrected chi connectivity index (χ0v) is 16.2. The van der Waals surface area contributed by atoms with E-state index < -0.39 is 10.0 Å². The van der Waals surface area contributed by atoms with E-state index in [0.29, 0.717) is 44.8 Å². The second kappa shape index (κ2) is 8.87. The molecule has 1 aliphatic heterocycles. The molecule has 1 aromatic rings. The normalized spacial score (nSPS) is 16.6. The van der Waals surface area contributed by atoms with E-state index >= 15 is 0 Å². The van der Waals surface area contributed by atoms with Gasteiger partial charge in [0, 0.05) is 25.6 Å². The van der Waals surface area contributed by atoms with Crippen LogP contribution in [0.4, 0.5) is 0 Å². The number of carbonyl (C=O) groups is 1. The third kappa shape index (κ3) is 4.86. The number of carbonyl (C=O) groups excluding carboxylic acids is 1. The Morgan fingerprint density at radius 1 is 1.32 bits per heavy atom. The van der Waals surface area contributed by atoms with Gasteiger partial charge in [-0.3, -0.25) is 4.79 Å². The second-order valence-electron chi connectivity index (χ2n) is 5.99. The van der Waals surface area contributed by atoms with Crippen molar-refractivity contribution >= 4 is 27.5 Å². The zero-order valence-electron chi connectivity index (χ0n) is 14.6. The first kappa shape index (κ1) is 20.0. The van der Waals surface area contributed by atoms with Crippen LogP contribution in [0, 0.1) is 5.92 Å². The molecule has 1 fully saturated rings. The van der Waals surface area contributed by atoms with Gasteiger partial charge in [0.25, 0.3) is 0 Å². The maximum Gasteiger partial charge on any atom is 0.243 e. The van der Waals surface area contributed by atoms with Crippen LogP contribution in [0.5, 0.6) is 5.75 Å². The van der Waals surface area contributed by atoms with E-state index in [1.165, 1.54) is 16.4 Å². The molecule has 25 heavy (non-hydrogen) atoms. The molecule has 0 atom stereocenters. The summed E-state index contributed by atoms with van der Waals surface area (Å²) in [6.45, 7) is 5.61. The van der Waals surface area contributed by atoms with E-state index in [9.17, 15) is 13.2 Å². The molecule has 140 valence electrons. The van der Waals surface area contributed by atoms with Crippen molar-refractivity contribution < 1.29 is 17.9 Å². The first-order valence-corrected chi connectivity index (χ1v) is 10.4. The number of halogens is 1. The number of piperidine rings is 1. The minimum Gasteiger partial charge on any atom is -0.492 e. The van der Waals surface area contributed by atoms with Crippen LogP contribution in [0.25, 0.3) is 0 Å². The molecule has 8 heteroatoms. The molecule has 6 nitrogen and oxygen atoms in total. The monoisotopic (exact) mass is 388 g/mol. The lowest BCUT2D eigenvalue weighted by molar-refractivity contribution is -0.126. The van der Waals surface area contributed by atoms with Crippen molar-refractivity contribution in [3.8, 4) is 5.75 Å².